The fraction of sp³-hybridized carbons (Fsp3) is 0.533. The molecule has 1 aromatic carbocycles. The second-order valence-electron chi connectivity index (χ2n) is 5.05. The smallest absolute Gasteiger partial charge is 0.196 e. The Morgan fingerprint density at radius 2 is 2.21 bits per heavy atom. The Hall–Kier alpha value is -1.58. The van der Waals surface area contributed by atoms with Crippen molar-refractivity contribution in [2.45, 2.75) is 45.1 Å². The van der Waals surface area contributed by atoms with Crippen molar-refractivity contribution in [2.75, 3.05) is 11.4 Å². The summed E-state index contributed by atoms with van der Waals surface area (Å²) in [5.74, 6) is 0.271. The van der Waals surface area contributed by atoms with Crippen LogP contribution < -0.4 is 10.6 Å². The van der Waals surface area contributed by atoms with Crippen molar-refractivity contribution < 1.29 is 4.39 Å². The standard InChI is InChI=1S/C15H22FN3/c1-2-3-4-5-8-14-11-18-15(17)19(14)13-9-6-7-12(16)10-13/h6-7,9-10,14H,2-5,8,11H2,1H3,(H2,17,18). The lowest BCUT2D eigenvalue weighted by Gasteiger charge is -2.26. The van der Waals surface area contributed by atoms with Gasteiger partial charge in [-0.25, -0.2) is 4.39 Å². The number of benzene rings is 1. The quantitative estimate of drug-likeness (QED) is 0.800. The molecule has 1 aliphatic heterocycles. The van der Waals surface area contributed by atoms with E-state index in [1.807, 2.05) is 11.0 Å². The maximum Gasteiger partial charge on any atom is 0.196 e. The van der Waals surface area contributed by atoms with Crippen LogP contribution in [0.2, 0.25) is 0 Å². The van der Waals surface area contributed by atoms with Crippen LogP contribution in [0, 0.1) is 5.82 Å². The zero-order chi connectivity index (χ0) is 13.7. The number of anilines is 1. The highest BCUT2D eigenvalue weighted by Crippen LogP contribution is 2.24. The topological polar surface area (TPSA) is 41.6 Å². The molecule has 1 aromatic rings. The fourth-order valence-corrected chi connectivity index (χ4v) is 2.54. The van der Waals surface area contributed by atoms with Crippen molar-refractivity contribution in [3.05, 3.63) is 30.1 Å². The van der Waals surface area contributed by atoms with Gasteiger partial charge in [-0.2, -0.15) is 0 Å². The average Bonchev–Trinajstić information content (AvgIpc) is 2.76. The summed E-state index contributed by atoms with van der Waals surface area (Å²) in [6.45, 7) is 2.92. The molecule has 104 valence electrons. The number of hydrogen-bond donors (Lipinski definition) is 1. The summed E-state index contributed by atoms with van der Waals surface area (Å²) in [6.07, 6.45) is 5.97. The van der Waals surface area contributed by atoms with Crippen LogP contribution in [0.4, 0.5) is 10.1 Å². The van der Waals surface area contributed by atoms with Crippen LogP contribution in [-0.4, -0.2) is 18.5 Å². The van der Waals surface area contributed by atoms with Crippen molar-refractivity contribution >= 4 is 11.6 Å². The van der Waals surface area contributed by atoms with Crippen LogP contribution in [0.15, 0.2) is 29.3 Å². The van der Waals surface area contributed by atoms with Crippen LogP contribution in [0.1, 0.15) is 39.0 Å². The molecule has 2 rings (SSSR count). The van der Waals surface area contributed by atoms with Gasteiger partial charge in [-0.15, -0.1) is 0 Å². The monoisotopic (exact) mass is 263 g/mol. The molecule has 0 saturated carbocycles. The first-order valence-corrected chi connectivity index (χ1v) is 7.07. The van der Waals surface area contributed by atoms with Crippen LogP contribution in [-0.2, 0) is 0 Å². The molecule has 0 bridgehead atoms. The fourth-order valence-electron chi connectivity index (χ4n) is 2.54. The van der Waals surface area contributed by atoms with E-state index in [0.717, 1.165) is 12.1 Å². The van der Waals surface area contributed by atoms with E-state index in [1.54, 1.807) is 6.07 Å². The summed E-state index contributed by atoms with van der Waals surface area (Å²) in [7, 11) is 0. The maximum absolute atomic E-state index is 13.3. The molecule has 4 heteroatoms. The molecule has 0 amide bonds. The predicted octanol–water partition coefficient (Wildman–Crippen LogP) is 3.30. The molecule has 1 heterocycles. The van der Waals surface area contributed by atoms with Gasteiger partial charge < -0.3 is 10.6 Å². The summed E-state index contributed by atoms with van der Waals surface area (Å²) >= 11 is 0. The Labute approximate surface area is 114 Å². The first-order chi connectivity index (χ1) is 9.22. The summed E-state index contributed by atoms with van der Waals surface area (Å²) in [4.78, 5) is 6.27. The number of rotatable bonds is 6. The molecule has 3 nitrogen and oxygen atoms in total. The van der Waals surface area contributed by atoms with Gasteiger partial charge in [0.2, 0.25) is 0 Å². The van der Waals surface area contributed by atoms with Gasteiger partial charge in [0.15, 0.2) is 5.96 Å². The summed E-state index contributed by atoms with van der Waals surface area (Å²) in [5, 5.41) is 0. The number of nitrogens with zero attached hydrogens (tertiary/aromatic N) is 2. The summed E-state index contributed by atoms with van der Waals surface area (Å²) in [5.41, 5.74) is 6.74. The molecule has 19 heavy (non-hydrogen) atoms. The number of unbranched alkanes of at least 4 members (excludes halogenated alkanes) is 3. The van der Waals surface area contributed by atoms with E-state index in [2.05, 4.69) is 11.9 Å². The van der Waals surface area contributed by atoms with Crippen LogP contribution >= 0.6 is 0 Å². The van der Waals surface area contributed by atoms with E-state index >= 15 is 0 Å². The van der Waals surface area contributed by atoms with Gasteiger partial charge in [0, 0.05) is 5.69 Å². The van der Waals surface area contributed by atoms with E-state index in [9.17, 15) is 4.39 Å². The number of aliphatic imine (C=N–C) groups is 1. The van der Waals surface area contributed by atoms with Gasteiger partial charge in [-0.3, -0.25) is 4.99 Å². The lowest BCUT2D eigenvalue weighted by Crippen LogP contribution is -2.40. The number of hydrogen-bond acceptors (Lipinski definition) is 3. The normalized spacial score (nSPS) is 18.7. The van der Waals surface area contributed by atoms with E-state index < -0.39 is 0 Å². The van der Waals surface area contributed by atoms with Crippen molar-refractivity contribution in [1.29, 1.82) is 0 Å². The second-order valence-corrected chi connectivity index (χ2v) is 5.05. The Balaban J connectivity index is 2.01. The predicted molar refractivity (Wildman–Crippen MR) is 77.9 cm³/mol. The van der Waals surface area contributed by atoms with Gasteiger partial charge in [0.1, 0.15) is 5.82 Å². The van der Waals surface area contributed by atoms with Gasteiger partial charge in [0.25, 0.3) is 0 Å². The molecular formula is C15H22FN3. The highest BCUT2D eigenvalue weighted by atomic mass is 19.1. The van der Waals surface area contributed by atoms with E-state index in [4.69, 9.17) is 5.73 Å². The molecule has 0 fully saturated rings. The largest absolute Gasteiger partial charge is 0.370 e. The Kier molecular flexibility index (Phi) is 4.77. The minimum Gasteiger partial charge on any atom is -0.370 e. The van der Waals surface area contributed by atoms with Crippen LogP contribution in [0.3, 0.4) is 0 Å². The minimum absolute atomic E-state index is 0.234. The van der Waals surface area contributed by atoms with E-state index in [-0.39, 0.29) is 11.9 Å². The highest BCUT2D eigenvalue weighted by Gasteiger charge is 2.26. The van der Waals surface area contributed by atoms with Gasteiger partial charge in [0.05, 0.1) is 12.6 Å². The molecule has 1 atom stereocenters. The third kappa shape index (κ3) is 3.46. The lowest BCUT2D eigenvalue weighted by molar-refractivity contribution is 0.564. The van der Waals surface area contributed by atoms with Crippen molar-refractivity contribution in [3.8, 4) is 0 Å². The molecule has 2 N–H and O–H groups in total. The first-order valence-electron chi connectivity index (χ1n) is 7.07. The van der Waals surface area contributed by atoms with Gasteiger partial charge in [-0.05, 0) is 24.6 Å². The van der Waals surface area contributed by atoms with Gasteiger partial charge in [-0.1, -0.05) is 38.7 Å². The van der Waals surface area contributed by atoms with Crippen molar-refractivity contribution in [2.24, 2.45) is 10.7 Å². The maximum atomic E-state index is 13.3. The zero-order valence-corrected chi connectivity index (χ0v) is 11.5. The molecule has 0 radical (unpaired) electrons. The average molecular weight is 263 g/mol. The highest BCUT2D eigenvalue weighted by molar-refractivity contribution is 5.97. The molecule has 0 spiro atoms. The first kappa shape index (κ1) is 13.8. The number of guanidine groups is 1. The SMILES string of the molecule is CCCCCCC1CN=C(N)N1c1cccc(F)c1. The zero-order valence-electron chi connectivity index (χ0n) is 11.5. The van der Waals surface area contributed by atoms with E-state index in [1.165, 1.54) is 37.8 Å². The van der Waals surface area contributed by atoms with Crippen molar-refractivity contribution in [1.82, 2.24) is 0 Å². The number of nitrogens with two attached hydrogens (primary N) is 1. The molecular weight excluding hydrogens is 241 g/mol. The molecule has 0 aromatic heterocycles. The van der Waals surface area contributed by atoms with Crippen LogP contribution in [0.25, 0.3) is 0 Å². The van der Waals surface area contributed by atoms with Gasteiger partial charge >= 0.3 is 0 Å². The third-order valence-corrected chi connectivity index (χ3v) is 3.55. The Morgan fingerprint density at radius 1 is 1.37 bits per heavy atom. The summed E-state index contributed by atoms with van der Waals surface area (Å²) < 4.78 is 13.3. The van der Waals surface area contributed by atoms with E-state index in [0.29, 0.717) is 12.5 Å². The lowest BCUT2D eigenvalue weighted by atomic mass is 10.1. The molecule has 1 unspecified atom stereocenters. The second kappa shape index (κ2) is 6.55. The minimum atomic E-state index is -0.234. The molecule has 1 aliphatic rings. The molecule has 0 saturated heterocycles. The number of halogens is 1. The Morgan fingerprint density at radius 3 is 2.95 bits per heavy atom. The third-order valence-electron chi connectivity index (χ3n) is 3.55. The Bertz CT molecular complexity index is 445. The van der Waals surface area contributed by atoms with Crippen molar-refractivity contribution in [3.63, 3.8) is 0 Å². The molecule has 0 aliphatic carbocycles. The van der Waals surface area contributed by atoms with Crippen LogP contribution in [0.5, 0.6) is 0 Å². The summed E-state index contributed by atoms with van der Waals surface area (Å²) in [6, 6.07) is 6.84.